The number of carbonyl (C=O) groups is 1. The van der Waals surface area contributed by atoms with E-state index in [4.69, 9.17) is 52.1 Å². The Kier molecular flexibility index (Phi) is 14.5. The third-order valence-electron chi connectivity index (χ3n) is 16.5. The van der Waals surface area contributed by atoms with Crippen LogP contribution in [0.1, 0.15) is 120 Å². The molecular formula is C46H78O17. The molecule has 0 aliphatic carbocycles. The van der Waals surface area contributed by atoms with Gasteiger partial charge >= 0.3 is 5.97 Å². The maximum absolute atomic E-state index is 11.8. The summed E-state index contributed by atoms with van der Waals surface area (Å²) in [4.78, 5) is 11.8. The second-order valence-corrected chi connectivity index (χ2v) is 21.1. The molecule has 7 aliphatic heterocycles. The molecule has 17 nitrogen and oxygen atoms in total. The summed E-state index contributed by atoms with van der Waals surface area (Å²) in [7, 11) is 4.73. The molecule has 7 heterocycles. The highest BCUT2D eigenvalue weighted by Crippen LogP contribution is 2.54. The lowest BCUT2D eigenvalue weighted by molar-refractivity contribution is -0.363. The first kappa shape index (κ1) is 49.8. The van der Waals surface area contributed by atoms with Gasteiger partial charge in [-0.25, -0.2) is 0 Å². The fourth-order valence-electron chi connectivity index (χ4n) is 12.3. The van der Waals surface area contributed by atoms with Gasteiger partial charge in [-0.3, -0.25) is 4.79 Å². The normalized spacial score (nSPS) is 54.7. The Hall–Kier alpha value is -1.13. The number of aliphatic hydroxyl groups excluding tert-OH is 2. The summed E-state index contributed by atoms with van der Waals surface area (Å²) in [6.07, 6.45) is -4.69. The number of aliphatic hydroxyl groups is 4. The summed E-state index contributed by atoms with van der Waals surface area (Å²) in [5.74, 6) is -7.81. The minimum Gasteiger partial charge on any atom is -0.481 e. The molecule has 7 saturated heterocycles. The van der Waals surface area contributed by atoms with Gasteiger partial charge in [0.15, 0.2) is 23.7 Å². The zero-order chi connectivity index (χ0) is 46.2. The van der Waals surface area contributed by atoms with Crippen LogP contribution < -0.4 is 0 Å². The summed E-state index contributed by atoms with van der Waals surface area (Å²) in [6.45, 7) is 17.2. The monoisotopic (exact) mass is 903 g/mol. The number of hydrogen-bond acceptors (Lipinski definition) is 16. The van der Waals surface area contributed by atoms with Crippen molar-refractivity contribution in [1.29, 1.82) is 0 Å². The second kappa shape index (κ2) is 18.4. The van der Waals surface area contributed by atoms with Gasteiger partial charge in [-0.05, 0) is 59.3 Å². The van der Waals surface area contributed by atoms with Crippen molar-refractivity contribution in [1.82, 2.24) is 0 Å². The van der Waals surface area contributed by atoms with E-state index in [1.807, 2.05) is 34.6 Å². The molecule has 0 aromatic heterocycles. The minimum absolute atomic E-state index is 0.0511. The summed E-state index contributed by atoms with van der Waals surface area (Å²) in [5.41, 5.74) is -1.66. The first-order chi connectivity index (χ1) is 29.4. The molecule has 7 fully saturated rings. The zero-order valence-corrected chi connectivity index (χ0v) is 39.5. The molecule has 5 N–H and O–H groups in total. The van der Waals surface area contributed by atoms with Crippen LogP contribution in [0.3, 0.4) is 0 Å². The summed E-state index contributed by atoms with van der Waals surface area (Å²) in [6, 6.07) is 0. The largest absolute Gasteiger partial charge is 0.481 e. The van der Waals surface area contributed by atoms with E-state index in [0.29, 0.717) is 38.5 Å². The molecule has 0 amide bonds. The number of hydrogen-bond donors (Lipinski definition) is 5. The van der Waals surface area contributed by atoms with Crippen LogP contribution in [0.5, 0.6) is 0 Å². The summed E-state index contributed by atoms with van der Waals surface area (Å²) in [5, 5.41) is 55.2. The summed E-state index contributed by atoms with van der Waals surface area (Å²) >= 11 is 0. The third-order valence-corrected chi connectivity index (χ3v) is 16.5. The fraction of sp³-hybridized carbons (Fsp3) is 0.978. The first-order valence-corrected chi connectivity index (χ1v) is 23.4. The molecule has 0 bridgehead atoms. The molecule has 1 spiro atoms. The summed E-state index contributed by atoms with van der Waals surface area (Å²) < 4.78 is 71.5. The van der Waals surface area contributed by atoms with Gasteiger partial charge in [0.1, 0.15) is 18.3 Å². The van der Waals surface area contributed by atoms with Crippen LogP contribution >= 0.6 is 0 Å². The number of carboxylic acid groups (broad SMARTS) is 1. The van der Waals surface area contributed by atoms with Gasteiger partial charge in [-0.15, -0.1) is 0 Å². The minimum atomic E-state index is -2.16. The van der Waals surface area contributed by atoms with Gasteiger partial charge in [-0.2, -0.15) is 0 Å². The van der Waals surface area contributed by atoms with Gasteiger partial charge in [0, 0.05) is 70.7 Å². The molecule has 0 radical (unpaired) electrons. The quantitative estimate of drug-likeness (QED) is 0.189. The Morgan fingerprint density at radius 2 is 1.49 bits per heavy atom. The van der Waals surface area contributed by atoms with Crippen LogP contribution in [0.25, 0.3) is 0 Å². The molecular weight excluding hydrogens is 824 g/mol. The van der Waals surface area contributed by atoms with Crippen LogP contribution in [0.15, 0.2) is 0 Å². The van der Waals surface area contributed by atoms with E-state index < -0.39 is 120 Å². The van der Waals surface area contributed by atoms with Crippen molar-refractivity contribution >= 4 is 5.97 Å². The second-order valence-electron chi connectivity index (χ2n) is 21.1. The van der Waals surface area contributed by atoms with Crippen molar-refractivity contribution in [2.45, 2.75) is 234 Å². The highest BCUT2D eigenvalue weighted by molar-refractivity contribution is 5.68. The van der Waals surface area contributed by atoms with E-state index in [1.54, 1.807) is 21.1 Å². The van der Waals surface area contributed by atoms with Crippen LogP contribution in [-0.2, 0) is 56.9 Å². The Bertz CT molecular complexity index is 1590. The van der Waals surface area contributed by atoms with E-state index >= 15 is 0 Å². The number of ether oxygens (including phenoxy) is 11. The van der Waals surface area contributed by atoms with Gasteiger partial charge in [-0.1, -0.05) is 34.6 Å². The van der Waals surface area contributed by atoms with Crippen LogP contribution in [0.4, 0.5) is 0 Å². The van der Waals surface area contributed by atoms with Gasteiger partial charge in [0.05, 0.1) is 78.7 Å². The smallest absolute Gasteiger partial charge is 0.308 e. The van der Waals surface area contributed by atoms with E-state index in [-0.39, 0.29) is 42.7 Å². The average Bonchev–Trinajstić information content (AvgIpc) is 3.92. The predicted molar refractivity (Wildman–Crippen MR) is 223 cm³/mol. The Morgan fingerprint density at radius 3 is 2.14 bits per heavy atom. The molecule has 17 heteroatoms. The van der Waals surface area contributed by atoms with Crippen molar-refractivity contribution < 1.29 is 82.4 Å². The molecule has 0 aromatic rings. The molecule has 7 rings (SSSR count). The van der Waals surface area contributed by atoms with E-state index in [0.717, 1.165) is 6.42 Å². The lowest BCUT2D eigenvalue weighted by Gasteiger charge is -2.53. The maximum Gasteiger partial charge on any atom is 0.308 e. The standard InChI is InChI=1S/C46H78O17/c1-22-17-23(2)44(9,51)60-35(22)30-19-31(58-41-38(54-11)29(53-10)18-24(3)56-41)40(57-30)43(8)14-13-32(59-43)42(7)15-16-45(63-42)20-28(47)25(4)36(61-45)26(5)37-39(55-12)34(50)27(6)46(52,62-37)21-33(48)49/h22-32,34-41,47,50-52H,13-21H2,1-12H3,(H,48,49)/t22-,23+,24+,25+,26-,27-,28+,29+,30-,31-,32-,34+,35+,36-,37+,38+,39+,40-,41-,42-,43+,44+,45+,46-/m0/s1. The van der Waals surface area contributed by atoms with Crippen LogP contribution in [-0.4, -0.2) is 167 Å². The van der Waals surface area contributed by atoms with Crippen molar-refractivity contribution in [3.8, 4) is 0 Å². The van der Waals surface area contributed by atoms with Crippen molar-refractivity contribution in [2.75, 3.05) is 21.3 Å². The lowest BCUT2D eigenvalue weighted by atomic mass is 9.75. The topological polar surface area (TPSA) is 220 Å². The van der Waals surface area contributed by atoms with E-state index in [1.165, 1.54) is 14.0 Å². The lowest BCUT2D eigenvalue weighted by Crippen LogP contribution is -2.65. The highest BCUT2D eigenvalue weighted by atomic mass is 16.7. The molecule has 0 saturated carbocycles. The number of carboxylic acids is 1. The molecule has 0 unspecified atom stereocenters. The zero-order valence-electron chi connectivity index (χ0n) is 39.5. The molecule has 7 aliphatic rings. The maximum atomic E-state index is 11.8. The van der Waals surface area contributed by atoms with Gasteiger partial charge in [0.2, 0.25) is 0 Å². The Morgan fingerprint density at radius 1 is 0.794 bits per heavy atom. The highest BCUT2D eigenvalue weighted by Gasteiger charge is 2.64. The van der Waals surface area contributed by atoms with Gasteiger partial charge < -0.3 is 77.6 Å². The van der Waals surface area contributed by atoms with Crippen LogP contribution in [0, 0.1) is 29.6 Å². The van der Waals surface area contributed by atoms with Crippen molar-refractivity contribution in [3.05, 3.63) is 0 Å². The molecule has 0 aromatic carbocycles. The molecule has 63 heavy (non-hydrogen) atoms. The predicted octanol–water partition coefficient (Wildman–Crippen LogP) is 3.66. The SMILES string of the molecule is CO[C@@H]1[C@H](O)[C@H](C)[C@](O)(CC(=O)O)O[C@@H]1[C@@H](C)[C@H]1O[C@@]2(CC[C@@](C)([C@@H]3CC[C@](C)([C@H]4O[C@H]([C@@H]5O[C@@](C)(O)[C@H](C)C[C@@H]5C)C[C@@H]4O[C@@H]4O[C@H](C)C[C@@H](OC)[C@H]4OC)O3)O2)C[C@@H](O)[C@H]1C. The van der Waals surface area contributed by atoms with E-state index in [2.05, 4.69) is 13.8 Å². The number of aliphatic carboxylic acids is 1. The fourth-order valence-corrected chi connectivity index (χ4v) is 12.3. The Balaban J connectivity index is 1.10. The third kappa shape index (κ3) is 9.39. The first-order valence-electron chi connectivity index (χ1n) is 23.4. The number of methoxy groups -OCH3 is 3. The van der Waals surface area contributed by atoms with Gasteiger partial charge in [0.25, 0.3) is 0 Å². The van der Waals surface area contributed by atoms with E-state index in [9.17, 15) is 30.3 Å². The average molecular weight is 903 g/mol. The van der Waals surface area contributed by atoms with Crippen LogP contribution in [0.2, 0.25) is 0 Å². The van der Waals surface area contributed by atoms with Crippen molar-refractivity contribution in [2.24, 2.45) is 29.6 Å². The number of rotatable bonds is 12. The Labute approximate surface area is 373 Å². The molecule has 364 valence electrons. The van der Waals surface area contributed by atoms with Crippen molar-refractivity contribution in [3.63, 3.8) is 0 Å². The molecule has 24 atom stereocenters.